The summed E-state index contributed by atoms with van der Waals surface area (Å²) in [5, 5.41) is 11.8. The summed E-state index contributed by atoms with van der Waals surface area (Å²) in [6, 6.07) is 0. The molecule has 0 saturated heterocycles. The molecule has 0 fully saturated rings. The van der Waals surface area contributed by atoms with Gasteiger partial charge in [0.05, 0.1) is 0 Å². The fraction of sp³-hybridized carbons (Fsp3) is 0.429. The molecule has 1 aromatic rings. The summed E-state index contributed by atoms with van der Waals surface area (Å²) >= 11 is 3.22. The van der Waals surface area contributed by atoms with Gasteiger partial charge in [-0.3, -0.25) is 0 Å². The minimum absolute atomic E-state index is 0.0735. The lowest BCUT2D eigenvalue weighted by atomic mass is 10.4. The van der Waals surface area contributed by atoms with Crippen molar-refractivity contribution < 1.29 is 9.90 Å². The number of halogens is 1. The van der Waals surface area contributed by atoms with Gasteiger partial charge in [-0.05, 0) is 22.4 Å². The second-order valence-corrected chi connectivity index (χ2v) is 3.56. The number of aromatic nitrogens is 2. The standard InChI is InChI=1S/C7H8BrN3O2/c8-5-4(6(12)13)10-7-9-2-1-3-11(5)7/h1-3H2,(H,9,10)(H,12,13). The van der Waals surface area contributed by atoms with Gasteiger partial charge in [0, 0.05) is 13.1 Å². The number of nitrogens with zero attached hydrogens (tertiary/aromatic N) is 2. The molecule has 1 aliphatic heterocycles. The van der Waals surface area contributed by atoms with Gasteiger partial charge < -0.3 is 15.0 Å². The summed E-state index contributed by atoms with van der Waals surface area (Å²) in [6.45, 7) is 1.66. The van der Waals surface area contributed by atoms with Gasteiger partial charge in [-0.2, -0.15) is 0 Å². The zero-order valence-corrected chi connectivity index (χ0v) is 8.34. The number of anilines is 1. The first-order chi connectivity index (χ1) is 6.20. The quantitative estimate of drug-likeness (QED) is 0.780. The van der Waals surface area contributed by atoms with Gasteiger partial charge in [0.1, 0.15) is 4.60 Å². The van der Waals surface area contributed by atoms with E-state index in [-0.39, 0.29) is 5.69 Å². The Kier molecular flexibility index (Phi) is 1.99. The molecule has 0 amide bonds. The number of hydrogen-bond acceptors (Lipinski definition) is 3. The first-order valence-electron chi connectivity index (χ1n) is 3.93. The first kappa shape index (κ1) is 8.55. The lowest BCUT2D eigenvalue weighted by Crippen LogP contribution is -2.17. The summed E-state index contributed by atoms with van der Waals surface area (Å²) in [4.78, 5) is 14.7. The average Bonchev–Trinajstić information content (AvgIpc) is 2.45. The minimum atomic E-state index is -1.00. The van der Waals surface area contributed by atoms with Gasteiger partial charge in [-0.15, -0.1) is 0 Å². The molecular weight excluding hydrogens is 238 g/mol. The Hall–Kier alpha value is -1.04. The Morgan fingerprint density at radius 1 is 1.69 bits per heavy atom. The summed E-state index contributed by atoms with van der Waals surface area (Å²) in [6.07, 6.45) is 0.987. The number of fused-ring (bicyclic) bond motifs is 1. The van der Waals surface area contributed by atoms with Gasteiger partial charge in [-0.1, -0.05) is 0 Å². The van der Waals surface area contributed by atoms with Crippen LogP contribution in [0.3, 0.4) is 0 Å². The Morgan fingerprint density at radius 3 is 3.08 bits per heavy atom. The topological polar surface area (TPSA) is 67.1 Å². The molecule has 0 bridgehead atoms. The highest BCUT2D eigenvalue weighted by Gasteiger charge is 2.21. The maximum atomic E-state index is 10.7. The van der Waals surface area contributed by atoms with Crippen LogP contribution in [0, 0.1) is 0 Å². The molecule has 2 heterocycles. The smallest absolute Gasteiger partial charge is 0.357 e. The summed E-state index contributed by atoms with van der Waals surface area (Å²) < 4.78 is 2.37. The van der Waals surface area contributed by atoms with Crippen molar-refractivity contribution in [2.24, 2.45) is 0 Å². The third kappa shape index (κ3) is 1.31. The molecule has 13 heavy (non-hydrogen) atoms. The molecule has 1 aromatic heterocycles. The molecule has 6 heteroatoms. The third-order valence-electron chi connectivity index (χ3n) is 1.95. The van der Waals surface area contributed by atoms with E-state index in [2.05, 4.69) is 26.2 Å². The normalized spacial score (nSPS) is 14.8. The maximum absolute atomic E-state index is 10.7. The number of nitrogens with one attached hydrogen (secondary N) is 1. The van der Waals surface area contributed by atoms with Crippen LogP contribution in [0.15, 0.2) is 4.60 Å². The van der Waals surface area contributed by atoms with Gasteiger partial charge in [0.15, 0.2) is 5.69 Å². The van der Waals surface area contributed by atoms with Crippen molar-refractivity contribution in [3.05, 3.63) is 10.3 Å². The van der Waals surface area contributed by atoms with Crippen LogP contribution in [0.4, 0.5) is 5.95 Å². The molecule has 0 unspecified atom stereocenters. The van der Waals surface area contributed by atoms with E-state index < -0.39 is 5.97 Å². The van der Waals surface area contributed by atoms with Gasteiger partial charge in [-0.25, -0.2) is 9.78 Å². The van der Waals surface area contributed by atoms with Crippen molar-refractivity contribution in [3.8, 4) is 0 Å². The van der Waals surface area contributed by atoms with Gasteiger partial charge in [0.2, 0.25) is 5.95 Å². The van der Waals surface area contributed by atoms with Gasteiger partial charge in [0.25, 0.3) is 0 Å². The zero-order valence-electron chi connectivity index (χ0n) is 6.75. The molecule has 0 aromatic carbocycles. The fourth-order valence-corrected chi connectivity index (χ4v) is 1.95. The zero-order chi connectivity index (χ0) is 9.42. The monoisotopic (exact) mass is 245 g/mol. The molecule has 0 saturated carbocycles. The SMILES string of the molecule is O=C(O)c1nc2n(c1Br)CCCN2. The Morgan fingerprint density at radius 2 is 2.46 bits per heavy atom. The van der Waals surface area contributed by atoms with E-state index in [0.717, 1.165) is 19.5 Å². The number of hydrogen-bond donors (Lipinski definition) is 2. The van der Waals surface area contributed by atoms with Crippen LogP contribution < -0.4 is 5.32 Å². The van der Waals surface area contributed by atoms with Crippen molar-refractivity contribution >= 4 is 27.8 Å². The average molecular weight is 246 g/mol. The second kappa shape index (κ2) is 3.02. The summed E-state index contributed by atoms with van der Waals surface area (Å²) in [5.41, 5.74) is 0.0735. The molecule has 2 N–H and O–H groups in total. The second-order valence-electron chi connectivity index (χ2n) is 2.81. The van der Waals surface area contributed by atoms with Crippen LogP contribution in [0.2, 0.25) is 0 Å². The molecule has 70 valence electrons. The molecular formula is C7H8BrN3O2. The van der Waals surface area contributed by atoms with E-state index in [9.17, 15) is 4.79 Å². The molecule has 0 radical (unpaired) electrons. The largest absolute Gasteiger partial charge is 0.476 e. The molecule has 5 nitrogen and oxygen atoms in total. The van der Waals surface area contributed by atoms with Crippen LogP contribution in [-0.4, -0.2) is 27.2 Å². The first-order valence-corrected chi connectivity index (χ1v) is 4.72. The van der Waals surface area contributed by atoms with Crippen LogP contribution in [0.5, 0.6) is 0 Å². The Labute approximate surface area is 82.9 Å². The maximum Gasteiger partial charge on any atom is 0.357 e. The number of carboxylic acids is 1. The van der Waals surface area contributed by atoms with Crippen molar-refractivity contribution in [2.75, 3.05) is 11.9 Å². The number of imidazole rings is 1. The summed E-state index contributed by atoms with van der Waals surface area (Å²) in [5.74, 6) is -0.369. The van der Waals surface area contributed by atoms with E-state index in [1.54, 1.807) is 0 Å². The summed E-state index contributed by atoms with van der Waals surface area (Å²) in [7, 11) is 0. The van der Waals surface area contributed by atoms with Crippen molar-refractivity contribution in [2.45, 2.75) is 13.0 Å². The van der Waals surface area contributed by atoms with E-state index in [1.807, 2.05) is 4.57 Å². The number of carboxylic acid groups (broad SMARTS) is 1. The lowest BCUT2D eigenvalue weighted by molar-refractivity contribution is 0.0690. The van der Waals surface area contributed by atoms with Crippen LogP contribution in [0.1, 0.15) is 16.9 Å². The Bertz CT molecular complexity index is 361. The number of carbonyl (C=O) groups is 1. The van der Waals surface area contributed by atoms with E-state index >= 15 is 0 Å². The lowest BCUT2D eigenvalue weighted by Gasteiger charge is -2.15. The minimum Gasteiger partial charge on any atom is -0.476 e. The molecule has 0 atom stereocenters. The fourth-order valence-electron chi connectivity index (χ4n) is 1.35. The highest BCUT2D eigenvalue weighted by atomic mass is 79.9. The molecule has 1 aliphatic rings. The van der Waals surface area contributed by atoms with Crippen molar-refractivity contribution in [3.63, 3.8) is 0 Å². The highest BCUT2D eigenvalue weighted by molar-refractivity contribution is 9.10. The van der Waals surface area contributed by atoms with Crippen LogP contribution >= 0.6 is 15.9 Å². The van der Waals surface area contributed by atoms with Crippen LogP contribution in [0.25, 0.3) is 0 Å². The van der Waals surface area contributed by atoms with Crippen molar-refractivity contribution in [1.29, 1.82) is 0 Å². The highest BCUT2D eigenvalue weighted by Crippen LogP contribution is 2.24. The molecule has 2 rings (SSSR count). The predicted molar refractivity (Wildman–Crippen MR) is 50.0 cm³/mol. The van der Waals surface area contributed by atoms with E-state index in [4.69, 9.17) is 5.11 Å². The van der Waals surface area contributed by atoms with Gasteiger partial charge >= 0.3 is 5.97 Å². The Balaban J connectivity index is 2.50. The molecule has 0 spiro atoms. The van der Waals surface area contributed by atoms with Crippen LogP contribution in [-0.2, 0) is 6.54 Å². The van der Waals surface area contributed by atoms with E-state index in [1.165, 1.54) is 0 Å². The number of rotatable bonds is 1. The number of aromatic carboxylic acids is 1. The predicted octanol–water partition coefficient (Wildman–Crippen LogP) is 1.16. The van der Waals surface area contributed by atoms with Crippen molar-refractivity contribution in [1.82, 2.24) is 9.55 Å². The molecule has 0 aliphatic carbocycles. The third-order valence-corrected chi connectivity index (χ3v) is 2.75. The van der Waals surface area contributed by atoms with E-state index in [0.29, 0.717) is 10.6 Å².